The van der Waals surface area contributed by atoms with Crippen LogP contribution in [0, 0.1) is 17.2 Å². The zero-order valence-electron chi connectivity index (χ0n) is 19.2. The number of Topliss-reactive ketones (excluding diaryl/α,β-unsaturated/α-hetero) is 1. The van der Waals surface area contributed by atoms with E-state index in [-0.39, 0.29) is 36.5 Å². The SMILES string of the molecule is CC(/C=N/C(=N)C(=O)CC/C=C/[C@H]1COc2ccccc2N(C)C1=O)CCc1ccccc1. The van der Waals surface area contributed by atoms with Crippen molar-refractivity contribution in [1.29, 1.82) is 5.41 Å². The van der Waals surface area contributed by atoms with Crippen LogP contribution in [0.2, 0.25) is 0 Å². The van der Waals surface area contributed by atoms with Crippen molar-refractivity contribution >= 4 is 29.4 Å². The third-order valence-corrected chi connectivity index (χ3v) is 5.65. The first-order valence-electron chi connectivity index (χ1n) is 11.3. The molecule has 172 valence electrons. The second-order valence-electron chi connectivity index (χ2n) is 8.30. The summed E-state index contributed by atoms with van der Waals surface area (Å²) >= 11 is 0. The Bertz CT molecular complexity index is 1030. The minimum absolute atomic E-state index is 0.0515. The Morgan fingerprint density at radius 2 is 1.94 bits per heavy atom. The third kappa shape index (κ3) is 6.97. The van der Waals surface area contributed by atoms with Crippen molar-refractivity contribution in [2.45, 2.75) is 32.6 Å². The van der Waals surface area contributed by atoms with E-state index in [4.69, 9.17) is 10.1 Å². The number of aliphatic imine (C=N–C) groups is 1. The highest BCUT2D eigenvalue weighted by atomic mass is 16.5. The molecule has 1 amide bonds. The molecule has 0 radical (unpaired) electrons. The summed E-state index contributed by atoms with van der Waals surface area (Å²) in [5, 5.41) is 7.93. The zero-order chi connectivity index (χ0) is 23.6. The zero-order valence-corrected chi connectivity index (χ0v) is 19.2. The highest BCUT2D eigenvalue weighted by molar-refractivity contribution is 6.38. The highest BCUT2D eigenvalue weighted by Crippen LogP contribution is 2.31. The van der Waals surface area contributed by atoms with Crippen molar-refractivity contribution in [2.75, 3.05) is 18.6 Å². The van der Waals surface area contributed by atoms with Crippen molar-refractivity contribution in [3.63, 3.8) is 0 Å². The summed E-state index contributed by atoms with van der Waals surface area (Å²) in [6.45, 7) is 2.29. The lowest BCUT2D eigenvalue weighted by Crippen LogP contribution is -2.32. The van der Waals surface area contributed by atoms with E-state index in [9.17, 15) is 9.59 Å². The van der Waals surface area contributed by atoms with E-state index in [0.717, 1.165) is 18.5 Å². The summed E-state index contributed by atoms with van der Waals surface area (Å²) in [6, 6.07) is 17.7. The van der Waals surface area contributed by atoms with Crippen molar-refractivity contribution in [2.24, 2.45) is 16.8 Å². The number of carbonyl (C=O) groups excluding carboxylic acids is 2. The average Bonchev–Trinajstić information content (AvgIpc) is 2.96. The standard InChI is InChI=1S/C27H31N3O3/c1-20(16-17-21-10-4-3-5-11-21)18-29-26(28)24(31)14-8-6-12-22-19-33-25-15-9-7-13-23(25)30(2)27(22)32/h3-7,9-13,15,18,20,22,28H,8,14,16-17,19H2,1-2H3/b12-6+,28-26?,29-18+/t20?,22-/m0/s1. The van der Waals surface area contributed by atoms with Crippen LogP contribution in [0.1, 0.15) is 31.7 Å². The molecule has 0 bridgehead atoms. The van der Waals surface area contributed by atoms with Crippen LogP contribution in [0.15, 0.2) is 71.7 Å². The van der Waals surface area contributed by atoms with Gasteiger partial charge < -0.3 is 9.64 Å². The van der Waals surface area contributed by atoms with E-state index < -0.39 is 5.92 Å². The van der Waals surface area contributed by atoms with Gasteiger partial charge in [-0.05, 0) is 42.9 Å². The number of fused-ring (bicyclic) bond motifs is 1. The number of amidine groups is 1. The Kier molecular flexibility index (Phi) is 8.70. The molecule has 6 nitrogen and oxygen atoms in total. The Balaban J connectivity index is 1.42. The first-order chi connectivity index (χ1) is 16.0. The average molecular weight is 446 g/mol. The predicted molar refractivity (Wildman–Crippen MR) is 132 cm³/mol. The van der Waals surface area contributed by atoms with Gasteiger partial charge >= 0.3 is 0 Å². The second kappa shape index (κ2) is 11.9. The molecule has 1 N–H and O–H groups in total. The van der Waals surface area contributed by atoms with E-state index in [1.165, 1.54) is 5.56 Å². The van der Waals surface area contributed by atoms with Crippen LogP contribution < -0.4 is 9.64 Å². The molecule has 3 rings (SSSR count). The molecular formula is C27H31N3O3. The number of ether oxygens (including phenoxy) is 1. The van der Waals surface area contributed by atoms with E-state index in [0.29, 0.717) is 12.2 Å². The van der Waals surface area contributed by atoms with Gasteiger partial charge in [-0.3, -0.25) is 15.0 Å². The number of anilines is 1. The third-order valence-electron chi connectivity index (χ3n) is 5.65. The van der Waals surface area contributed by atoms with Crippen molar-refractivity contribution in [3.8, 4) is 5.75 Å². The van der Waals surface area contributed by atoms with Crippen LogP contribution in [-0.4, -0.2) is 37.4 Å². The molecular weight excluding hydrogens is 414 g/mol. The van der Waals surface area contributed by atoms with Gasteiger partial charge in [-0.2, -0.15) is 0 Å². The fourth-order valence-corrected chi connectivity index (χ4v) is 3.59. The normalized spacial score (nSPS) is 17.0. The summed E-state index contributed by atoms with van der Waals surface area (Å²) in [5.74, 6) is -0.132. The maximum absolute atomic E-state index is 12.7. The molecule has 1 aliphatic rings. The van der Waals surface area contributed by atoms with Gasteiger partial charge in [0.1, 0.15) is 12.4 Å². The van der Waals surface area contributed by atoms with Crippen molar-refractivity contribution < 1.29 is 14.3 Å². The molecule has 2 atom stereocenters. The second-order valence-corrected chi connectivity index (χ2v) is 8.30. The van der Waals surface area contributed by atoms with Crippen LogP contribution in [0.3, 0.4) is 0 Å². The number of hydrogen-bond acceptors (Lipinski definition) is 4. The molecule has 6 heteroatoms. The molecule has 0 aromatic heterocycles. The number of amides is 1. The molecule has 1 heterocycles. The molecule has 0 spiro atoms. The number of hydrogen-bond donors (Lipinski definition) is 1. The van der Waals surface area contributed by atoms with Crippen molar-refractivity contribution in [3.05, 3.63) is 72.3 Å². The quantitative estimate of drug-likeness (QED) is 0.339. The van der Waals surface area contributed by atoms with Gasteiger partial charge in [-0.1, -0.05) is 61.5 Å². The molecule has 2 aromatic carbocycles. The number of para-hydroxylation sites is 2. The minimum atomic E-state index is -0.416. The fourth-order valence-electron chi connectivity index (χ4n) is 3.59. The summed E-state index contributed by atoms with van der Waals surface area (Å²) in [5.41, 5.74) is 2.01. The van der Waals surface area contributed by atoms with Gasteiger partial charge in [0.2, 0.25) is 5.91 Å². The van der Waals surface area contributed by atoms with Gasteiger partial charge in [-0.25, -0.2) is 4.99 Å². The number of carbonyl (C=O) groups is 2. The fraction of sp³-hybridized carbons (Fsp3) is 0.333. The van der Waals surface area contributed by atoms with Crippen LogP contribution in [0.4, 0.5) is 5.69 Å². The number of nitrogens with one attached hydrogen (secondary N) is 1. The number of benzene rings is 2. The number of nitrogens with zero attached hydrogens (tertiary/aromatic N) is 2. The topological polar surface area (TPSA) is 82.8 Å². The van der Waals surface area contributed by atoms with E-state index >= 15 is 0 Å². The van der Waals surface area contributed by atoms with Crippen LogP contribution >= 0.6 is 0 Å². The molecule has 0 saturated heterocycles. The lowest BCUT2D eigenvalue weighted by Gasteiger charge is -2.17. The van der Waals surface area contributed by atoms with Gasteiger partial charge in [-0.15, -0.1) is 0 Å². The molecule has 33 heavy (non-hydrogen) atoms. The maximum atomic E-state index is 12.7. The highest BCUT2D eigenvalue weighted by Gasteiger charge is 2.27. The van der Waals surface area contributed by atoms with Crippen LogP contribution in [-0.2, 0) is 16.0 Å². The Hall–Kier alpha value is -3.54. The molecule has 0 fully saturated rings. The first kappa shape index (κ1) is 24.1. The lowest BCUT2D eigenvalue weighted by molar-refractivity contribution is -0.121. The predicted octanol–water partition coefficient (Wildman–Crippen LogP) is 4.88. The van der Waals surface area contributed by atoms with E-state index in [1.54, 1.807) is 24.2 Å². The summed E-state index contributed by atoms with van der Waals surface area (Å²) in [7, 11) is 1.74. The lowest BCUT2D eigenvalue weighted by atomic mass is 10.0. The molecule has 1 aliphatic heterocycles. The number of ketones is 1. The number of rotatable bonds is 9. The van der Waals surface area contributed by atoms with Crippen LogP contribution in [0.25, 0.3) is 0 Å². The van der Waals surface area contributed by atoms with E-state index in [1.807, 2.05) is 55.5 Å². The summed E-state index contributed by atoms with van der Waals surface area (Å²) in [4.78, 5) is 30.6. The van der Waals surface area contributed by atoms with Gasteiger partial charge in [0.15, 0.2) is 11.6 Å². The largest absolute Gasteiger partial charge is 0.490 e. The number of aryl methyl sites for hydroxylation is 1. The smallest absolute Gasteiger partial charge is 0.237 e. The molecule has 0 saturated carbocycles. The maximum Gasteiger partial charge on any atom is 0.237 e. The first-order valence-corrected chi connectivity index (χ1v) is 11.3. The molecule has 1 unspecified atom stereocenters. The Morgan fingerprint density at radius 3 is 2.73 bits per heavy atom. The number of allylic oxidation sites excluding steroid dienone is 1. The summed E-state index contributed by atoms with van der Waals surface area (Å²) < 4.78 is 5.79. The molecule has 0 aliphatic carbocycles. The van der Waals surface area contributed by atoms with Crippen LogP contribution in [0.5, 0.6) is 5.75 Å². The minimum Gasteiger partial charge on any atom is -0.490 e. The van der Waals surface area contributed by atoms with Gasteiger partial charge in [0.25, 0.3) is 0 Å². The van der Waals surface area contributed by atoms with Gasteiger partial charge in [0.05, 0.1) is 11.6 Å². The summed E-state index contributed by atoms with van der Waals surface area (Å²) in [6.07, 6.45) is 7.76. The van der Waals surface area contributed by atoms with Gasteiger partial charge in [0, 0.05) is 19.7 Å². The molecule has 2 aromatic rings. The van der Waals surface area contributed by atoms with Crippen molar-refractivity contribution in [1.82, 2.24) is 0 Å². The van der Waals surface area contributed by atoms with E-state index in [2.05, 4.69) is 17.1 Å². The Labute approximate surface area is 195 Å². The monoisotopic (exact) mass is 445 g/mol. The Morgan fingerprint density at radius 1 is 1.21 bits per heavy atom.